The first-order valence-electron chi connectivity index (χ1n) is 6.16. The molecule has 0 saturated heterocycles. The molecule has 1 aromatic carbocycles. The van der Waals surface area contributed by atoms with Gasteiger partial charge in [-0.25, -0.2) is 18.6 Å². The Kier molecular flexibility index (Phi) is 4.32. The fourth-order valence-electron chi connectivity index (χ4n) is 1.65. The number of hydrogen-bond acceptors (Lipinski definition) is 5. The van der Waals surface area contributed by atoms with Crippen molar-refractivity contribution in [3.05, 3.63) is 47.7 Å². The summed E-state index contributed by atoms with van der Waals surface area (Å²) < 4.78 is 31.5. The lowest BCUT2D eigenvalue weighted by Crippen LogP contribution is -2.09. The third-order valence-electron chi connectivity index (χ3n) is 2.62. The molecular formula is C14H13F2N3O2. The number of pyridine rings is 1. The summed E-state index contributed by atoms with van der Waals surface area (Å²) in [5.74, 6) is -1.70. The van der Waals surface area contributed by atoms with Crippen molar-refractivity contribution in [1.29, 1.82) is 0 Å². The lowest BCUT2D eigenvalue weighted by Gasteiger charge is -2.10. The summed E-state index contributed by atoms with van der Waals surface area (Å²) in [6.07, 6.45) is 1.24. The average molecular weight is 293 g/mol. The third-order valence-corrected chi connectivity index (χ3v) is 2.62. The van der Waals surface area contributed by atoms with Crippen LogP contribution >= 0.6 is 0 Å². The van der Waals surface area contributed by atoms with E-state index in [-0.39, 0.29) is 29.4 Å². The van der Waals surface area contributed by atoms with Crippen molar-refractivity contribution in [3.8, 4) is 0 Å². The van der Waals surface area contributed by atoms with Gasteiger partial charge < -0.3 is 15.8 Å². The van der Waals surface area contributed by atoms with Gasteiger partial charge in [0, 0.05) is 6.07 Å². The largest absolute Gasteiger partial charge is 0.462 e. The van der Waals surface area contributed by atoms with Crippen LogP contribution in [0.3, 0.4) is 0 Å². The number of ether oxygens (including phenoxy) is 1. The predicted octanol–water partition coefficient (Wildman–Crippen LogP) is 2.86. The van der Waals surface area contributed by atoms with Crippen LogP contribution in [0, 0.1) is 11.6 Å². The number of carbonyl (C=O) groups is 1. The fraction of sp³-hybridized carbons (Fsp3) is 0.143. The number of benzene rings is 1. The zero-order valence-electron chi connectivity index (χ0n) is 11.2. The van der Waals surface area contributed by atoms with Gasteiger partial charge in [-0.2, -0.15) is 0 Å². The van der Waals surface area contributed by atoms with Gasteiger partial charge in [0.05, 0.1) is 29.7 Å². The van der Waals surface area contributed by atoms with E-state index < -0.39 is 17.6 Å². The number of hydrogen-bond donors (Lipinski definition) is 2. The van der Waals surface area contributed by atoms with E-state index >= 15 is 0 Å². The number of carbonyl (C=O) groups excluding carboxylic acids is 1. The smallest absolute Gasteiger partial charge is 0.340 e. The standard InChI is InChI=1S/C14H13F2N3O2/c1-2-21-14(20)9-6-13(18-7-11(9)17)19-12-5-8(15)3-4-10(12)16/h3-7H,2,17H2,1H3,(H,18,19). The van der Waals surface area contributed by atoms with Gasteiger partial charge in [-0.05, 0) is 25.1 Å². The van der Waals surface area contributed by atoms with Gasteiger partial charge in [0.1, 0.15) is 17.5 Å². The van der Waals surface area contributed by atoms with Crippen LogP contribution in [0.4, 0.5) is 26.0 Å². The highest BCUT2D eigenvalue weighted by molar-refractivity contribution is 5.95. The molecule has 1 heterocycles. The highest BCUT2D eigenvalue weighted by Crippen LogP contribution is 2.22. The second-order valence-electron chi connectivity index (χ2n) is 4.13. The van der Waals surface area contributed by atoms with Gasteiger partial charge in [0.15, 0.2) is 0 Å². The van der Waals surface area contributed by atoms with Gasteiger partial charge in [0.2, 0.25) is 0 Å². The minimum atomic E-state index is -0.646. The number of nitrogens with one attached hydrogen (secondary N) is 1. The molecule has 0 atom stereocenters. The van der Waals surface area contributed by atoms with Crippen molar-refractivity contribution in [2.45, 2.75) is 6.92 Å². The van der Waals surface area contributed by atoms with Crippen molar-refractivity contribution in [1.82, 2.24) is 4.98 Å². The Labute approximate surface area is 119 Å². The number of esters is 1. The van der Waals surface area contributed by atoms with Crippen LogP contribution in [-0.2, 0) is 4.74 Å². The Bertz CT molecular complexity index is 677. The lowest BCUT2D eigenvalue weighted by atomic mass is 10.2. The van der Waals surface area contributed by atoms with Gasteiger partial charge in [-0.15, -0.1) is 0 Å². The van der Waals surface area contributed by atoms with Gasteiger partial charge in [-0.1, -0.05) is 0 Å². The van der Waals surface area contributed by atoms with Crippen LogP contribution in [0.1, 0.15) is 17.3 Å². The summed E-state index contributed by atoms with van der Waals surface area (Å²) in [5, 5.41) is 2.59. The number of nitrogens with zero attached hydrogens (tertiary/aromatic N) is 1. The maximum absolute atomic E-state index is 13.5. The molecular weight excluding hydrogens is 280 g/mol. The molecule has 0 fully saturated rings. The zero-order chi connectivity index (χ0) is 15.4. The first-order chi connectivity index (χ1) is 10.0. The number of aromatic nitrogens is 1. The maximum Gasteiger partial charge on any atom is 0.340 e. The molecule has 0 aliphatic carbocycles. The molecule has 21 heavy (non-hydrogen) atoms. The minimum absolute atomic E-state index is 0.0953. The molecule has 5 nitrogen and oxygen atoms in total. The number of halogens is 2. The van der Waals surface area contributed by atoms with E-state index in [2.05, 4.69) is 10.3 Å². The molecule has 0 aliphatic rings. The Morgan fingerprint density at radius 3 is 2.86 bits per heavy atom. The maximum atomic E-state index is 13.5. The molecule has 2 rings (SSSR count). The summed E-state index contributed by atoms with van der Waals surface area (Å²) in [4.78, 5) is 15.6. The van der Waals surface area contributed by atoms with Crippen LogP contribution in [-0.4, -0.2) is 17.6 Å². The highest BCUT2D eigenvalue weighted by atomic mass is 19.1. The number of rotatable bonds is 4. The van der Waals surface area contributed by atoms with E-state index in [0.29, 0.717) is 0 Å². The molecule has 3 N–H and O–H groups in total. The van der Waals surface area contributed by atoms with Gasteiger partial charge in [-0.3, -0.25) is 0 Å². The Morgan fingerprint density at radius 2 is 2.14 bits per heavy atom. The summed E-state index contributed by atoms with van der Waals surface area (Å²) in [5.41, 5.74) is 5.79. The number of anilines is 3. The van der Waals surface area contributed by atoms with E-state index in [1.54, 1.807) is 6.92 Å². The van der Waals surface area contributed by atoms with Crippen molar-refractivity contribution < 1.29 is 18.3 Å². The van der Waals surface area contributed by atoms with Crippen LogP contribution in [0.5, 0.6) is 0 Å². The second-order valence-corrected chi connectivity index (χ2v) is 4.13. The van der Waals surface area contributed by atoms with E-state index in [0.717, 1.165) is 18.2 Å². The molecule has 0 spiro atoms. The average Bonchev–Trinajstić information content (AvgIpc) is 2.45. The molecule has 0 unspecified atom stereocenters. The summed E-state index contributed by atoms with van der Waals surface area (Å²) in [6.45, 7) is 1.86. The van der Waals surface area contributed by atoms with E-state index in [1.165, 1.54) is 12.3 Å². The van der Waals surface area contributed by atoms with Gasteiger partial charge in [0.25, 0.3) is 0 Å². The molecule has 1 aromatic heterocycles. The van der Waals surface area contributed by atoms with Crippen LogP contribution in [0.25, 0.3) is 0 Å². The third kappa shape index (κ3) is 3.44. The molecule has 7 heteroatoms. The van der Waals surface area contributed by atoms with Gasteiger partial charge >= 0.3 is 5.97 Å². The first kappa shape index (κ1) is 14.7. The zero-order valence-corrected chi connectivity index (χ0v) is 11.2. The molecule has 110 valence electrons. The monoisotopic (exact) mass is 293 g/mol. The first-order valence-corrected chi connectivity index (χ1v) is 6.16. The fourth-order valence-corrected chi connectivity index (χ4v) is 1.65. The van der Waals surface area contributed by atoms with Crippen molar-refractivity contribution in [2.24, 2.45) is 0 Å². The van der Waals surface area contributed by atoms with E-state index in [4.69, 9.17) is 10.5 Å². The normalized spacial score (nSPS) is 10.2. The van der Waals surface area contributed by atoms with Crippen LogP contribution < -0.4 is 11.1 Å². The van der Waals surface area contributed by atoms with Crippen molar-refractivity contribution in [3.63, 3.8) is 0 Å². The Morgan fingerprint density at radius 1 is 1.38 bits per heavy atom. The quantitative estimate of drug-likeness (QED) is 0.848. The molecule has 0 aliphatic heterocycles. The summed E-state index contributed by atoms with van der Waals surface area (Å²) in [6, 6.07) is 4.29. The predicted molar refractivity (Wildman–Crippen MR) is 74.2 cm³/mol. The topological polar surface area (TPSA) is 77.2 Å². The molecule has 0 radical (unpaired) electrons. The minimum Gasteiger partial charge on any atom is -0.462 e. The van der Waals surface area contributed by atoms with Crippen LogP contribution in [0.15, 0.2) is 30.5 Å². The number of nitrogens with two attached hydrogens (primary N) is 1. The van der Waals surface area contributed by atoms with Crippen molar-refractivity contribution in [2.75, 3.05) is 17.7 Å². The number of nitrogen functional groups attached to an aromatic ring is 1. The van der Waals surface area contributed by atoms with E-state index in [1.807, 2.05) is 0 Å². The molecule has 0 saturated carbocycles. The molecule has 2 aromatic rings. The van der Waals surface area contributed by atoms with Crippen molar-refractivity contribution >= 4 is 23.2 Å². The summed E-state index contributed by atoms with van der Waals surface area (Å²) >= 11 is 0. The SMILES string of the molecule is CCOC(=O)c1cc(Nc2cc(F)ccc2F)ncc1N. The highest BCUT2D eigenvalue weighted by Gasteiger charge is 2.13. The summed E-state index contributed by atoms with van der Waals surface area (Å²) in [7, 11) is 0. The Hall–Kier alpha value is -2.70. The Balaban J connectivity index is 2.31. The molecule has 0 amide bonds. The second kappa shape index (κ2) is 6.17. The lowest BCUT2D eigenvalue weighted by molar-refractivity contribution is 0.0527. The molecule has 0 bridgehead atoms. The van der Waals surface area contributed by atoms with Crippen LogP contribution in [0.2, 0.25) is 0 Å². The van der Waals surface area contributed by atoms with E-state index in [9.17, 15) is 13.6 Å².